The number of nitrogens with one attached hydrogen (secondary N) is 1. The van der Waals surface area contributed by atoms with E-state index in [0.29, 0.717) is 11.5 Å². The van der Waals surface area contributed by atoms with Gasteiger partial charge in [0.1, 0.15) is 0 Å². The first kappa shape index (κ1) is 15.5. The van der Waals surface area contributed by atoms with E-state index in [1.54, 1.807) is 0 Å². The van der Waals surface area contributed by atoms with Crippen LogP contribution in [0.3, 0.4) is 0 Å². The van der Waals surface area contributed by atoms with E-state index in [1.807, 2.05) is 0 Å². The van der Waals surface area contributed by atoms with Gasteiger partial charge in [-0.15, -0.1) is 0 Å². The van der Waals surface area contributed by atoms with Crippen LogP contribution in [0.2, 0.25) is 0 Å². The van der Waals surface area contributed by atoms with Gasteiger partial charge in [0.05, 0.1) is 0 Å². The van der Waals surface area contributed by atoms with Gasteiger partial charge in [-0.3, -0.25) is 0 Å². The molecule has 1 aromatic rings. The Morgan fingerprint density at radius 2 is 1.80 bits per heavy atom. The average Bonchev–Trinajstić information content (AvgIpc) is 2.45. The van der Waals surface area contributed by atoms with Crippen LogP contribution >= 0.6 is 0 Å². The molecule has 1 unspecified atom stereocenters. The minimum absolute atomic E-state index is 0.463. The summed E-state index contributed by atoms with van der Waals surface area (Å²) in [4.78, 5) is 2.44. The van der Waals surface area contributed by atoms with Crippen molar-refractivity contribution in [2.75, 3.05) is 26.7 Å². The van der Waals surface area contributed by atoms with Gasteiger partial charge in [-0.2, -0.15) is 0 Å². The molecule has 112 valence electrons. The number of nitrogens with zero attached hydrogens (tertiary/aromatic N) is 1. The summed E-state index contributed by atoms with van der Waals surface area (Å²) < 4.78 is 0. The lowest BCUT2D eigenvalue weighted by atomic mass is 9.80. The lowest BCUT2D eigenvalue weighted by Crippen LogP contribution is -2.42. The van der Waals surface area contributed by atoms with Crippen molar-refractivity contribution in [3.8, 4) is 0 Å². The van der Waals surface area contributed by atoms with Crippen molar-refractivity contribution in [2.24, 2.45) is 5.41 Å². The Morgan fingerprint density at radius 1 is 1.20 bits per heavy atom. The Hall–Kier alpha value is -0.860. The fourth-order valence-corrected chi connectivity index (χ4v) is 3.00. The standard InChI is InChI=1S/C18H30N2/c1-5-17(16-8-6-15(2)7-9-16)19-14-18(3)10-12-20(4)13-11-18/h6-9,17,19H,5,10-14H2,1-4H3. The third kappa shape index (κ3) is 4.07. The zero-order valence-electron chi connectivity index (χ0n) is 13.6. The van der Waals surface area contributed by atoms with E-state index >= 15 is 0 Å². The SMILES string of the molecule is CCC(NCC1(C)CCN(C)CC1)c1ccc(C)cc1. The molecular weight excluding hydrogens is 244 g/mol. The van der Waals surface area contributed by atoms with E-state index < -0.39 is 0 Å². The monoisotopic (exact) mass is 274 g/mol. The molecule has 1 fully saturated rings. The second-order valence-corrected chi connectivity index (χ2v) is 6.87. The molecule has 0 aromatic heterocycles. The average molecular weight is 274 g/mol. The number of hydrogen-bond acceptors (Lipinski definition) is 2. The molecule has 0 radical (unpaired) electrons. The number of rotatable bonds is 5. The lowest BCUT2D eigenvalue weighted by Gasteiger charge is -2.39. The number of aryl methyl sites for hydroxylation is 1. The summed E-state index contributed by atoms with van der Waals surface area (Å²) in [6.07, 6.45) is 3.76. The molecule has 2 heteroatoms. The van der Waals surface area contributed by atoms with Crippen LogP contribution in [-0.2, 0) is 0 Å². The molecule has 0 spiro atoms. The summed E-state index contributed by atoms with van der Waals surface area (Å²) in [5.74, 6) is 0. The van der Waals surface area contributed by atoms with E-state index in [2.05, 4.69) is 62.3 Å². The Morgan fingerprint density at radius 3 is 2.35 bits per heavy atom. The molecule has 1 aliphatic rings. The fraction of sp³-hybridized carbons (Fsp3) is 0.667. The Kier molecular flexibility index (Phi) is 5.22. The van der Waals surface area contributed by atoms with E-state index in [0.717, 1.165) is 13.0 Å². The molecule has 20 heavy (non-hydrogen) atoms. The largest absolute Gasteiger partial charge is 0.309 e. The third-order valence-corrected chi connectivity index (χ3v) is 4.86. The summed E-state index contributed by atoms with van der Waals surface area (Å²) in [5, 5.41) is 3.81. The number of benzene rings is 1. The molecule has 0 saturated carbocycles. The molecule has 1 N–H and O–H groups in total. The van der Waals surface area contributed by atoms with Crippen LogP contribution in [0.25, 0.3) is 0 Å². The highest BCUT2D eigenvalue weighted by Crippen LogP contribution is 2.30. The topological polar surface area (TPSA) is 15.3 Å². The maximum Gasteiger partial charge on any atom is 0.0317 e. The first-order valence-electron chi connectivity index (χ1n) is 8.01. The lowest BCUT2D eigenvalue weighted by molar-refractivity contribution is 0.133. The predicted octanol–water partition coefficient (Wildman–Crippen LogP) is 3.77. The number of hydrogen-bond donors (Lipinski definition) is 1. The van der Waals surface area contributed by atoms with Gasteiger partial charge in [0, 0.05) is 12.6 Å². The van der Waals surface area contributed by atoms with Crippen molar-refractivity contribution in [3.05, 3.63) is 35.4 Å². The normalized spacial score (nSPS) is 20.8. The van der Waals surface area contributed by atoms with Crippen molar-refractivity contribution in [1.82, 2.24) is 10.2 Å². The van der Waals surface area contributed by atoms with Crippen LogP contribution in [-0.4, -0.2) is 31.6 Å². The maximum atomic E-state index is 3.81. The minimum Gasteiger partial charge on any atom is -0.309 e. The number of likely N-dealkylation sites (tertiary alicyclic amines) is 1. The quantitative estimate of drug-likeness (QED) is 0.879. The summed E-state index contributed by atoms with van der Waals surface area (Å²) in [6, 6.07) is 9.47. The molecule has 0 amide bonds. The molecule has 1 saturated heterocycles. The molecule has 0 aliphatic carbocycles. The predicted molar refractivity (Wildman–Crippen MR) is 87.1 cm³/mol. The Labute approximate surface area is 124 Å². The van der Waals surface area contributed by atoms with Crippen LogP contribution in [0, 0.1) is 12.3 Å². The molecule has 0 bridgehead atoms. The molecular formula is C18H30N2. The van der Waals surface area contributed by atoms with Gasteiger partial charge < -0.3 is 10.2 Å². The Balaban J connectivity index is 1.92. The Bertz CT molecular complexity index is 402. The van der Waals surface area contributed by atoms with Crippen molar-refractivity contribution in [3.63, 3.8) is 0 Å². The molecule has 1 heterocycles. The molecule has 1 aromatic carbocycles. The fourth-order valence-electron chi connectivity index (χ4n) is 3.00. The highest BCUT2D eigenvalue weighted by Gasteiger charge is 2.29. The van der Waals surface area contributed by atoms with Crippen molar-refractivity contribution in [2.45, 2.75) is 46.1 Å². The van der Waals surface area contributed by atoms with Gasteiger partial charge in [0.15, 0.2) is 0 Å². The molecule has 2 nitrogen and oxygen atoms in total. The van der Waals surface area contributed by atoms with Crippen molar-refractivity contribution < 1.29 is 0 Å². The number of piperidine rings is 1. The maximum absolute atomic E-state index is 3.81. The highest BCUT2D eigenvalue weighted by atomic mass is 15.1. The molecule has 1 aliphatic heterocycles. The van der Waals surface area contributed by atoms with Crippen LogP contribution in [0.15, 0.2) is 24.3 Å². The zero-order chi connectivity index (χ0) is 14.6. The highest BCUT2D eigenvalue weighted by molar-refractivity contribution is 5.24. The third-order valence-electron chi connectivity index (χ3n) is 4.86. The van der Waals surface area contributed by atoms with Crippen LogP contribution in [0.1, 0.15) is 50.3 Å². The van der Waals surface area contributed by atoms with Gasteiger partial charge in [-0.25, -0.2) is 0 Å². The van der Waals surface area contributed by atoms with Gasteiger partial charge >= 0.3 is 0 Å². The van der Waals surface area contributed by atoms with Crippen LogP contribution in [0.4, 0.5) is 0 Å². The van der Waals surface area contributed by atoms with Gasteiger partial charge in [-0.1, -0.05) is 43.7 Å². The van der Waals surface area contributed by atoms with Gasteiger partial charge in [-0.05, 0) is 57.3 Å². The van der Waals surface area contributed by atoms with Crippen molar-refractivity contribution >= 4 is 0 Å². The zero-order valence-corrected chi connectivity index (χ0v) is 13.6. The molecule has 2 rings (SSSR count). The summed E-state index contributed by atoms with van der Waals surface area (Å²) >= 11 is 0. The summed E-state index contributed by atoms with van der Waals surface area (Å²) in [7, 11) is 2.23. The smallest absolute Gasteiger partial charge is 0.0317 e. The van der Waals surface area contributed by atoms with Crippen molar-refractivity contribution in [1.29, 1.82) is 0 Å². The van der Waals surface area contributed by atoms with E-state index in [1.165, 1.54) is 37.1 Å². The van der Waals surface area contributed by atoms with Crippen LogP contribution in [0.5, 0.6) is 0 Å². The first-order valence-corrected chi connectivity index (χ1v) is 8.01. The van der Waals surface area contributed by atoms with Gasteiger partial charge in [0.2, 0.25) is 0 Å². The minimum atomic E-state index is 0.463. The van der Waals surface area contributed by atoms with Gasteiger partial charge in [0.25, 0.3) is 0 Å². The second kappa shape index (κ2) is 6.73. The first-order chi connectivity index (χ1) is 9.52. The van der Waals surface area contributed by atoms with E-state index in [9.17, 15) is 0 Å². The summed E-state index contributed by atoms with van der Waals surface area (Å²) in [5.41, 5.74) is 3.23. The second-order valence-electron chi connectivity index (χ2n) is 6.87. The van der Waals surface area contributed by atoms with Crippen LogP contribution < -0.4 is 5.32 Å². The van der Waals surface area contributed by atoms with E-state index in [-0.39, 0.29) is 0 Å². The summed E-state index contributed by atoms with van der Waals surface area (Å²) in [6.45, 7) is 10.5. The van der Waals surface area contributed by atoms with E-state index in [4.69, 9.17) is 0 Å². The molecule has 1 atom stereocenters.